The predicted molar refractivity (Wildman–Crippen MR) is 68.4 cm³/mol. The second kappa shape index (κ2) is 5.28. The van der Waals surface area contributed by atoms with E-state index in [2.05, 4.69) is 0 Å². The lowest BCUT2D eigenvalue weighted by atomic mass is 10.4. The molecule has 1 fully saturated rings. The van der Waals surface area contributed by atoms with Crippen molar-refractivity contribution in [2.75, 3.05) is 6.54 Å². The van der Waals surface area contributed by atoms with Crippen molar-refractivity contribution in [1.82, 2.24) is 4.31 Å². The molecule has 1 saturated carbocycles. The third kappa shape index (κ3) is 2.94. The monoisotopic (exact) mass is 300 g/mol. The first-order valence-corrected chi connectivity index (χ1v) is 7.99. The normalized spacial score (nSPS) is 15.4. The van der Waals surface area contributed by atoms with Crippen molar-refractivity contribution in [2.45, 2.75) is 29.5 Å². The summed E-state index contributed by atoms with van der Waals surface area (Å²) in [5.41, 5.74) is -0.0281. The number of carbonyl (C=O) groups is 1. The smallest absolute Gasteiger partial charge is 0.336 e. The number of carboxylic acid groups (broad SMARTS) is 1. The van der Waals surface area contributed by atoms with E-state index in [1.807, 2.05) is 6.07 Å². The van der Waals surface area contributed by atoms with E-state index in [-0.39, 0.29) is 28.8 Å². The molecule has 102 valence electrons. The minimum atomic E-state index is -3.69. The van der Waals surface area contributed by atoms with Gasteiger partial charge in [-0.3, -0.25) is 0 Å². The second-order valence-corrected chi connectivity index (χ2v) is 7.24. The summed E-state index contributed by atoms with van der Waals surface area (Å²) in [6.45, 7) is 0.157. The quantitative estimate of drug-likeness (QED) is 0.858. The molecule has 0 saturated heterocycles. The van der Waals surface area contributed by atoms with E-state index in [9.17, 15) is 13.2 Å². The van der Waals surface area contributed by atoms with Gasteiger partial charge < -0.3 is 5.11 Å². The van der Waals surface area contributed by atoms with Gasteiger partial charge in [0.2, 0.25) is 0 Å². The van der Waals surface area contributed by atoms with Crippen LogP contribution in [0.15, 0.2) is 15.7 Å². The van der Waals surface area contributed by atoms with Crippen LogP contribution in [0.5, 0.6) is 0 Å². The molecule has 2 rings (SSSR count). The van der Waals surface area contributed by atoms with E-state index < -0.39 is 16.0 Å². The van der Waals surface area contributed by atoms with Crippen molar-refractivity contribution in [1.29, 1.82) is 5.26 Å². The van der Waals surface area contributed by atoms with Crippen LogP contribution in [0.25, 0.3) is 0 Å². The van der Waals surface area contributed by atoms with E-state index in [1.165, 1.54) is 15.8 Å². The molecule has 6 nitrogen and oxygen atoms in total. The number of hydrogen-bond donors (Lipinski definition) is 1. The summed E-state index contributed by atoms with van der Waals surface area (Å²) < 4.78 is 26.1. The van der Waals surface area contributed by atoms with Gasteiger partial charge in [-0.15, -0.1) is 11.3 Å². The Labute approximate surface area is 114 Å². The van der Waals surface area contributed by atoms with Crippen LogP contribution in [0.4, 0.5) is 0 Å². The summed E-state index contributed by atoms with van der Waals surface area (Å²) in [5, 5.41) is 18.7. The van der Waals surface area contributed by atoms with Crippen LogP contribution in [0, 0.1) is 11.3 Å². The van der Waals surface area contributed by atoms with E-state index in [0.29, 0.717) is 0 Å². The predicted octanol–water partition coefficient (Wildman–Crippen LogP) is 1.51. The average molecular weight is 300 g/mol. The lowest BCUT2D eigenvalue weighted by Gasteiger charge is -2.19. The summed E-state index contributed by atoms with van der Waals surface area (Å²) in [7, 11) is -3.69. The molecule has 8 heteroatoms. The summed E-state index contributed by atoms with van der Waals surface area (Å²) >= 11 is 0.898. The van der Waals surface area contributed by atoms with Gasteiger partial charge >= 0.3 is 5.97 Å². The van der Waals surface area contributed by atoms with Crippen LogP contribution < -0.4 is 0 Å². The zero-order chi connectivity index (χ0) is 14.0. The van der Waals surface area contributed by atoms with Crippen molar-refractivity contribution in [3.05, 3.63) is 17.0 Å². The highest BCUT2D eigenvalue weighted by Crippen LogP contribution is 2.34. The lowest BCUT2D eigenvalue weighted by molar-refractivity contribution is 0.0697. The summed E-state index contributed by atoms with van der Waals surface area (Å²) in [4.78, 5) is 10.8. The molecule has 1 aliphatic rings. The van der Waals surface area contributed by atoms with Gasteiger partial charge in [-0.25, -0.2) is 13.2 Å². The third-order valence-electron chi connectivity index (χ3n) is 2.78. The molecule has 0 spiro atoms. The number of rotatable bonds is 6. The van der Waals surface area contributed by atoms with Gasteiger partial charge in [-0.2, -0.15) is 9.57 Å². The van der Waals surface area contributed by atoms with Crippen molar-refractivity contribution >= 4 is 27.3 Å². The summed E-state index contributed by atoms with van der Waals surface area (Å²) in [5.74, 6) is -1.15. The SMILES string of the molecule is N#CCCN(C1CC1)S(=O)(=O)c1cc(C(=O)O)cs1. The molecule has 0 aliphatic heterocycles. The molecular formula is C11H12N2O4S2. The Bertz CT molecular complexity index is 625. The van der Waals surface area contributed by atoms with Gasteiger partial charge in [-0.1, -0.05) is 0 Å². The molecule has 0 bridgehead atoms. The fraction of sp³-hybridized carbons (Fsp3) is 0.455. The van der Waals surface area contributed by atoms with Crippen molar-refractivity contribution in [3.63, 3.8) is 0 Å². The zero-order valence-electron chi connectivity index (χ0n) is 9.94. The van der Waals surface area contributed by atoms with Gasteiger partial charge in [0, 0.05) is 24.4 Å². The molecule has 19 heavy (non-hydrogen) atoms. The largest absolute Gasteiger partial charge is 0.478 e. The topological polar surface area (TPSA) is 98.5 Å². The molecule has 1 N–H and O–H groups in total. The first kappa shape index (κ1) is 14.0. The number of hydrogen-bond acceptors (Lipinski definition) is 5. The Morgan fingerprint density at radius 2 is 2.26 bits per heavy atom. The minimum Gasteiger partial charge on any atom is -0.478 e. The molecule has 0 amide bonds. The molecule has 1 aliphatic carbocycles. The number of aromatic carboxylic acids is 1. The standard InChI is InChI=1S/C11H12N2O4S2/c12-4-1-5-13(9-2-3-9)19(16,17)10-6-8(7-18-10)11(14)15/h6-7,9H,1-3,5H2,(H,14,15). The summed E-state index contributed by atoms with van der Waals surface area (Å²) in [6.07, 6.45) is 1.72. The summed E-state index contributed by atoms with van der Waals surface area (Å²) in [6, 6.07) is 3.05. The maximum absolute atomic E-state index is 12.4. The fourth-order valence-electron chi connectivity index (χ4n) is 1.70. The average Bonchev–Trinajstić information content (AvgIpc) is 3.04. The van der Waals surface area contributed by atoms with E-state index in [4.69, 9.17) is 10.4 Å². The number of nitrogens with zero attached hydrogens (tertiary/aromatic N) is 2. The molecule has 0 atom stereocenters. The highest BCUT2D eigenvalue weighted by Gasteiger charge is 2.38. The number of thiophene rings is 1. The first-order valence-electron chi connectivity index (χ1n) is 5.67. The zero-order valence-corrected chi connectivity index (χ0v) is 11.6. The Morgan fingerprint density at radius 1 is 1.58 bits per heavy atom. The van der Waals surface area contributed by atoms with E-state index in [0.717, 1.165) is 24.2 Å². The number of carboxylic acids is 1. The van der Waals surface area contributed by atoms with Crippen molar-refractivity contribution in [3.8, 4) is 6.07 Å². The van der Waals surface area contributed by atoms with Crippen LogP contribution in [0.1, 0.15) is 29.6 Å². The van der Waals surface area contributed by atoms with E-state index in [1.54, 1.807) is 0 Å². The number of nitriles is 1. The Morgan fingerprint density at radius 3 is 2.74 bits per heavy atom. The van der Waals surface area contributed by atoms with Crippen molar-refractivity contribution < 1.29 is 18.3 Å². The van der Waals surface area contributed by atoms with Crippen LogP contribution >= 0.6 is 11.3 Å². The van der Waals surface area contributed by atoms with E-state index >= 15 is 0 Å². The fourth-order valence-corrected chi connectivity index (χ4v) is 4.67. The Balaban J connectivity index is 2.28. The van der Waals surface area contributed by atoms with Crippen LogP contribution in [0.2, 0.25) is 0 Å². The molecule has 1 heterocycles. The Kier molecular flexibility index (Phi) is 3.89. The van der Waals surface area contributed by atoms with Gasteiger partial charge in [0.25, 0.3) is 10.0 Å². The molecule has 0 aromatic carbocycles. The molecule has 0 unspecified atom stereocenters. The molecule has 1 aromatic rings. The van der Waals surface area contributed by atoms with Crippen LogP contribution in [0.3, 0.4) is 0 Å². The van der Waals surface area contributed by atoms with Gasteiger partial charge in [-0.05, 0) is 18.9 Å². The van der Waals surface area contributed by atoms with Crippen LogP contribution in [-0.4, -0.2) is 36.4 Å². The first-order chi connectivity index (χ1) is 8.96. The number of sulfonamides is 1. The van der Waals surface area contributed by atoms with Crippen molar-refractivity contribution in [2.24, 2.45) is 0 Å². The highest BCUT2D eigenvalue weighted by molar-refractivity contribution is 7.91. The maximum Gasteiger partial charge on any atom is 0.336 e. The lowest BCUT2D eigenvalue weighted by Crippen LogP contribution is -2.33. The van der Waals surface area contributed by atoms with Gasteiger partial charge in [0.1, 0.15) is 4.21 Å². The van der Waals surface area contributed by atoms with Gasteiger partial charge in [0.15, 0.2) is 0 Å². The minimum absolute atomic E-state index is 0.0229. The highest BCUT2D eigenvalue weighted by atomic mass is 32.2. The maximum atomic E-state index is 12.4. The molecule has 1 aromatic heterocycles. The Hall–Kier alpha value is -1.43. The third-order valence-corrected chi connectivity index (χ3v) is 6.15. The molecular weight excluding hydrogens is 288 g/mol. The van der Waals surface area contributed by atoms with Gasteiger partial charge in [0.05, 0.1) is 11.6 Å². The second-order valence-electron chi connectivity index (χ2n) is 4.21. The van der Waals surface area contributed by atoms with Crippen LogP contribution in [-0.2, 0) is 10.0 Å². The molecule has 0 radical (unpaired) electrons.